The number of aliphatic hydroxyl groups is 1. The molecule has 274 valence electrons. The predicted molar refractivity (Wildman–Crippen MR) is 207 cm³/mol. The summed E-state index contributed by atoms with van der Waals surface area (Å²) in [7, 11) is 0. The average Bonchev–Trinajstić information content (AvgIpc) is 3.75. The SMILES string of the molecule is C=CCN(C(=O)C1N([C@@H](CO)Cc2ccccc2)C(=O)[C@@H]2[C@H](C(=O)N(CC=C)c3ccc(OCC)cc3)[C@]3(C)CCC12O3)c1ccc2ccccc2c1. The minimum atomic E-state index is -1.30. The molecule has 0 radical (unpaired) electrons. The highest BCUT2D eigenvalue weighted by Crippen LogP contribution is 2.64. The van der Waals surface area contributed by atoms with E-state index in [4.69, 9.17) is 9.47 Å². The van der Waals surface area contributed by atoms with E-state index in [2.05, 4.69) is 13.2 Å². The molecule has 3 fully saturated rings. The molecule has 3 aliphatic heterocycles. The Balaban J connectivity index is 1.33. The number of rotatable bonds is 14. The van der Waals surface area contributed by atoms with Crippen molar-refractivity contribution in [2.45, 2.75) is 56.4 Å². The maximum Gasteiger partial charge on any atom is 0.253 e. The van der Waals surface area contributed by atoms with Crippen LogP contribution < -0.4 is 14.5 Å². The van der Waals surface area contributed by atoms with Gasteiger partial charge in [0, 0.05) is 24.5 Å². The van der Waals surface area contributed by atoms with Gasteiger partial charge >= 0.3 is 0 Å². The lowest BCUT2D eigenvalue weighted by Gasteiger charge is -2.39. The molecule has 1 spiro atoms. The Morgan fingerprint density at radius 3 is 2.21 bits per heavy atom. The van der Waals surface area contributed by atoms with Gasteiger partial charge in [0.05, 0.1) is 36.7 Å². The van der Waals surface area contributed by atoms with Gasteiger partial charge in [0.2, 0.25) is 11.8 Å². The van der Waals surface area contributed by atoms with Crippen LogP contribution in [0.4, 0.5) is 11.4 Å². The molecule has 53 heavy (non-hydrogen) atoms. The number of nitrogens with zero attached hydrogens (tertiary/aromatic N) is 3. The first-order valence-electron chi connectivity index (χ1n) is 18.4. The number of hydrogen-bond acceptors (Lipinski definition) is 6. The molecule has 4 aromatic rings. The number of carbonyl (C=O) groups is 3. The van der Waals surface area contributed by atoms with Crippen molar-refractivity contribution in [2.24, 2.45) is 11.8 Å². The largest absolute Gasteiger partial charge is 0.494 e. The van der Waals surface area contributed by atoms with Crippen LogP contribution in [-0.4, -0.2) is 77.3 Å². The highest BCUT2D eigenvalue weighted by atomic mass is 16.5. The maximum absolute atomic E-state index is 15.4. The third-order valence-corrected chi connectivity index (χ3v) is 11.3. The minimum Gasteiger partial charge on any atom is -0.494 e. The molecule has 9 heteroatoms. The highest BCUT2D eigenvalue weighted by molar-refractivity contribution is 6.07. The van der Waals surface area contributed by atoms with E-state index in [1.165, 1.54) is 0 Å². The predicted octanol–water partition coefficient (Wildman–Crippen LogP) is 6.35. The van der Waals surface area contributed by atoms with Crippen molar-refractivity contribution >= 4 is 39.9 Å². The molecular weight excluding hydrogens is 666 g/mol. The number of aliphatic hydroxyl groups excluding tert-OH is 1. The molecule has 3 heterocycles. The zero-order valence-corrected chi connectivity index (χ0v) is 30.4. The van der Waals surface area contributed by atoms with Crippen LogP contribution in [0.1, 0.15) is 32.3 Å². The van der Waals surface area contributed by atoms with Gasteiger partial charge in [0.1, 0.15) is 17.4 Å². The van der Waals surface area contributed by atoms with Crippen molar-refractivity contribution in [1.29, 1.82) is 0 Å². The Labute approximate surface area is 311 Å². The van der Waals surface area contributed by atoms with Crippen LogP contribution in [0.3, 0.4) is 0 Å². The molecule has 9 nitrogen and oxygen atoms in total. The number of carbonyl (C=O) groups excluding carboxylic acids is 3. The summed E-state index contributed by atoms with van der Waals surface area (Å²) >= 11 is 0. The Kier molecular flexibility index (Phi) is 9.98. The van der Waals surface area contributed by atoms with E-state index in [9.17, 15) is 9.90 Å². The van der Waals surface area contributed by atoms with Gasteiger partial charge in [-0.1, -0.05) is 72.8 Å². The van der Waals surface area contributed by atoms with Crippen LogP contribution in [0.25, 0.3) is 10.8 Å². The van der Waals surface area contributed by atoms with Gasteiger partial charge in [-0.2, -0.15) is 0 Å². The van der Waals surface area contributed by atoms with Crippen molar-refractivity contribution in [3.8, 4) is 5.75 Å². The molecule has 0 aromatic heterocycles. The summed E-state index contributed by atoms with van der Waals surface area (Å²) in [5, 5.41) is 13.0. The molecule has 2 bridgehead atoms. The maximum atomic E-state index is 15.4. The Bertz CT molecular complexity index is 2020. The summed E-state index contributed by atoms with van der Waals surface area (Å²) in [6, 6.07) is 28.8. The van der Waals surface area contributed by atoms with Gasteiger partial charge in [-0.3, -0.25) is 14.4 Å². The smallest absolute Gasteiger partial charge is 0.253 e. The number of benzene rings is 4. The molecule has 3 aliphatic rings. The molecule has 6 atom stereocenters. The summed E-state index contributed by atoms with van der Waals surface area (Å²) < 4.78 is 12.7. The van der Waals surface area contributed by atoms with Gasteiger partial charge in [-0.25, -0.2) is 0 Å². The van der Waals surface area contributed by atoms with Crippen LogP contribution in [0.15, 0.2) is 122 Å². The van der Waals surface area contributed by atoms with E-state index in [-0.39, 0.29) is 37.4 Å². The second kappa shape index (κ2) is 14.6. The molecule has 3 amide bonds. The fraction of sp³-hybridized carbons (Fsp3) is 0.341. The number of amides is 3. The Morgan fingerprint density at radius 1 is 0.906 bits per heavy atom. The monoisotopic (exact) mass is 713 g/mol. The molecule has 4 aromatic carbocycles. The molecule has 0 aliphatic carbocycles. The molecule has 0 saturated carbocycles. The number of fused-ring (bicyclic) bond motifs is 2. The van der Waals surface area contributed by atoms with Gasteiger partial charge in [-0.15, -0.1) is 13.2 Å². The molecule has 3 saturated heterocycles. The van der Waals surface area contributed by atoms with Crippen molar-refractivity contribution < 1.29 is 29.0 Å². The fourth-order valence-electron chi connectivity index (χ4n) is 9.00. The lowest BCUT2D eigenvalue weighted by molar-refractivity contribution is -0.148. The summed E-state index contributed by atoms with van der Waals surface area (Å²) in [4.78, 5) is 50.3. The topological polar surface area (TPSA) is 99.6 Å². The first-order chi connectivity index (χ1) is 25.7. The quantitative estimate of drug-likeness (QED) is 0.153. The van der Waals surface area contributed by atoms with Gasteiger partial charge in [0.25, 0.3) is 5.91 Å². The summed E-state index contributed by atoms with van der Waals surface area (Å²) in [6.45, 7) is 12.2. The Morgan fingerprint density at radius 2 is 1.55 bits per heavy atom. The second-order valence-electron chi connectivity index (χ2n) is 14.4. The first kappa shape index (κ1) is 36.1. The summed E-state index contributed by atoms with van der Waals surface area (Å²) in [5.41, 5.74) is -0.104. The lowest BCUT2D eigenvalue weighted by Crippen LogP contribution is -2.59. The van der Waals surface area contributed by atoms with E-state index >= 15 is 9.59 Å². The molecular formula is C44H47N3O6. The van der Waals surface area contributed by atoms with Gasteiger partial charge in [-0.05, 0) is 85.8 Å². The lowest BCUT2D eigenvalue weighted by atomic mass is 9.66. The molecule has 7 rings (SSSR count). The van der Waals surface area contributed by atoms with Crippen molar-refractivity contribution in [3.63, 3.8) is 0 Å². The molecule has 2 unspecified atom stereocenters. The number of anilines is 2. The fourth-order valence-corrected chi connectivity index (χ4v) is 9.00. The average molecular weight is 714 g/mol. The highest BCUT2D eigenvalue weighted by Gasteiger charge is 2.79. The van der Waals surface area contributed by atoms with Crippen LogP contribution in [0, 0.1) is 11.8 Å². The van der Waals surface area contributed by atoms with Crippen LogP contribution in [0.2, 0.25) is 0 Å². The number of likely N-dealkylation sites (tertiary alicyclic amines) is 1. The van der Waals surface area contributed by atoms with Crippen LogP contribution >= 0.6 is 0 Å². The Hall–Kier alpha value is -5.25. The van der Waals surface area contributed by atoms with E-state index in [1.807, 2.05) is 111 Å². The zero-order valence-electron chi connectivity index (χ0n) is 30.4. The van der Waals surface area contributed by atoms with E-state index < -0.39 is 35.1 Å². The number of ether oxygens (including phenoxy) is 2. The summed E-state index contributed by atoms with van der Waals surface area (Å²) in [5.74, 6) is -2.13. The number of hydrogen-bond donors (Lipinski definition) is 1. The van der Waals surface area contributed by atoms with Crippen LogP contribution in [-0.2, 0) is 25.5 Å². The van der Waals surface area contributed by atoms with Gasteiger partial charge in [0.15, 0.2) is 0 Å². The van der Waals surface area contributed by atoms with E-state index in [0.717, 1.165) is 16.3 Å². The third-order valence-electron chi connectivity index (χ3n) is 11.3. The summed E-state index contributed by atoms with van der Waals surface area (Å²) in [6.07, 6.45) is 4.54. The van der Waals surface area contributed by atoms with Crippen molar-refractivity contribution in [2.75, 3.05) is 36.1 Å². The van der Waals surface area contributed by atoms with Crippen molar-refractivity contribution in [3.05, 3.63) is 128 Å². The molecule has 1 N–H and O–H groups in total. The van der Waals surface area contributed by atoms with Crippen molar-refractivity contribution in [1.82, 2.24) is 4.90 Å². The standard InChI is InChI=1S/C44H47N3O6/c1-5-25-45(33-19-21-36(22-20-33)52-7-3)40(49)37-38-41(50)47(35(29-48)27-30-13-9-8-10-14-30)39(44(38)24-23-43(37,4)53-44)42(51)46(26-6-2)34-18-17-31-15-11-12-16-32(31)28-34/h5-6,8-22,28,35,37-39,48H,1-2,7,23-27,29H2,3-4H3/t35-,37-,38+,39?,43+,44?/m1/s1. The minimum absolute atomic E-state index is 0.184. The third kappa shape index (κ3) is 6.21. The van der Waals surface area contributed by atoms with Crippen LogP contribution in [0.5, 0.6) is 5.75 Å². The zero-order chi connectivity index (χ0) is 37.3. The first-order valence-corrected chi connectivity index (χ1v) is 18.4. The normalized spacial score (nSPS) is 24.8. The van der Waals surface area contributed by atoms with E-state index in [0.29, 0.717) is 43.0 Å². The second-order valence-corrected chi connectivity index (χ2v) is 14.4. The van der Waals surface area contributed by atoms with Gasteiger partial charge < -0.3 is 29.3 Å². The van der Waals surface area contributed by atoms with E-state index in [1.54, 1.807) is 26.9 Å².